The minimum Gasteiger partial charge on any atom is -0.449 e. The van der Waals surface area contributed by atoms with E-state index in [1.54, 1.807) is 0 Å². The average Bonchev–Trinajstić information content (AvgIpc) is 3.30. The number of amides is 2. The zero-order chi connectivity index (χ0) is 27.0. The van der Waals surface area contributed by atoms with Crippen molar-refractivity contribution in [3.05, 3.63) is 114 Å². The van der Waals surface area contributed by atoms with Gasteiger partial charge in [-0.1, -0.05) is 91.0 Å². The van der Waals surface area contributed by atoms with Crippen LogP contribution in [0.1, 0.15) is 36.3 Å². The van der Waals surface area contributed by atoms with Gasteiger partial charge in [0.05, 0.1) is 0 Å². The van der Waals surface area contributed by atoms with Gasteiger partial charge in [0.2, 0.25) is 5.91 Å². The van der Waals surface area contributed by atoms with Crippen molar-refractivity contribution in [2.24, 2.45) is 5.73 Å². The van der Waals surface area contributed by atoms with Crippen molar-refractivity contribution < 1.29 is 14.3 Å². The number of nitrogens with one attached hydrogen (secondary N) is 2. The fourth-order valence-corrected chi connectivity index (χ4v) is 5.15. The van der Waals surface area contributed by atoms with Gasteiger partial charge in [0, 0.05) is 11.6 Å². The van der Waals surface area contributed by atoms with E-state index in [1.807, 2.05) is 78.9 Å². The third kappa shape index (κ3) is 6.19. The van der Waals surface area contributed by atoms with E-state index in [4.69, 9.17) is 10.5 Å². The number of unbranched alkanes of at least 4 members (excludes halogenated alkanes) is 1. The normalized spacial score (nSPS) is 12.7. The van der Waals surface area contributed by atoms with E-state index < -0.39 is 12.1 Å². The maximum Gasteiger partial charge on any atom is 0.407 e. The molecule has 0 unspecified atom stereocenters. The first-order valence-electron chi connectivity index (χ1n) is 13.4. The van der Waals surface area contributed by atoms with Crippen molar-refractivity contribution in [2.75, 3.05) is 18.5 Å². The van der Waals surface area contributed by atoms with Gasteiger partial charge in [0.1, 0.15) is 12.6 Å². The summed E-state index contributed by atoms with van der Waals surface area (Å²) in [6.45, 7) is 0.720. The Morgan fingerprint density at radius 1 is 0.744 bits per heavy atom. The lowest BCUT2D eigenvalue weighted by Gasteiger charge is -2.20. The molecular formula is C33H33N3O3. The summed E-state index contributed by atoms with van der Waals surface area (Å²) < 4.78 is 5.69. The summed E-state index contributed by atoms with van der Waals surface area (Å²) in [6, 6.07) is 33.4. The van der Waals surface area contributed by atoms with Gasteiger partial charge in [0.15, 0.2) is 0 Å². The first-order chi connectivity index (χ1) is 19.1. The summed E-state index contributed by atoms with van der Waals surface area (Å²) in [5.41, 5.74) is 13.1. The molecule has 1 aliphatic rings. The molecule has 1 aliphatic carbocycles. The lowest BCUT2D eigenvalue weighted by Crippen LogP contribution is -2.44. The molecule has 5 rings (SSSR count). The summed E-state index contributed by atoms with van der Waals surface area (Å²) >= 11 is 0. The van der Waals surface area contributed by atoms with Gasteiger partial charge < -0.3 is 21.1 Å². The molecule has 198 valence electrons. The maximum atomic E-state index is 13.2. The molecule has 4 aromatic carbocycles. The van der Waals surface area contributed by atoms with Crippen LogP contribution in [-0.4, -0.2) is 31.2 Å². The molecule has 0 saturated carbocycles. The molecule has 0 heterocycles. The number of alkyl carbamates (subject to hydrolysis) is 1. The van der Waals surface area contributed by atoms with E-state index in [-0.39, 0.29) is 18.4 Å². The summed E-state index contributed by atoms with van der Waals surface area (Å²) in [6.07, 6.45) is 1.34. The number of benzene rings is 4. The summed E-state index contributed by atoms with van der Waals surface area (Å²) in [4.78, 5) is 26.1. The third-order valence-electron chi connectivity index (χ3n) is 7.16. The Balaban J connectivity index is 1.22. The number of carbonyl (C=O) groups is 2. The number of rotatable bonds is 10. The molecule has 0 fully saturated rings. The van der Waals surface area contributed by atoms with Crippen LogP contribution in [0.4, 0.5) is 10.5 Å². The zero-order valence-electron chi connectivity index (χ0n) is 21.8. The van der Waals surface area contributed by atoms with E-state index in [0.29, 0.717) is 25.1 Å². The van der Waals surface area contributed by atoms with Gasteiger partial charge in [-0.3, -0.25) is 4.79 Å². The number of anilines is 1. The van der Waals surface area contributed by atoms with Gasteiger partial charge in [-0.25, -0.2) is 4.79 Å². The van der Waals surface area contributed by atoms with Crippen molar-refractivity contribution in [2.45, 2.75) is 31.2 Å². The number of ether oxygens (including phenoxy) is 1. The minimum absolute atomic E-state index is 0.0456. The van der Waals surface area contributed by atoms with Crippen LogP contribution in [0.3, 0.4) is 0 Å². The predicted molar refractivity (Wildman–Crippen MR) is 155 cm³/mol. The standard InChI is InChI=1S/C33H33N3O3/c34-21-9-8-16-31(32(37)35-25-19-17-24(18-20-25)23-10-2-1-3-11-23)36-33(38)39-22-30-28-14-6-4-12-26(28)27-13-5-7-15-29(27)30/h1-7,10-15,17-20,30-31H,8-9,16,21-22,34H2,(H,35,37)(H,36,38)/t31-/m0/s1. The van der Waals surface area contributed by atoms with Crippen molar-refractivity contribution in [1.29, 1.82) is 0 Å². The fourth-order valence-electron chi connectivity index (χ4n) is 5.15. The van der Waals surface area contributed by atoms with Crippen LogP contribution in [0.15, 0.2) is 103 Å². The zero-order valence-corrected chi connectivity index (χ0v) is 21.8. The smallest absolute Gasteiger partial charge is 0.407 e. The van der Waals surface area contributed by atoms with E-state index in [9.17, 15) is 9.59 Å². The number of carbonyl (C=O) groups excluding carboxylic acids is 2. The highest BCUT2D eigenvalue weighted by molar-refractivity contribution is 5.96. The van der Waals surface area contributed by atoms with Crippen LogP contribution in [-0.2, 0) is 9.53 Å². The Hall–Kier alpha value is -4.42. The van der Waals surface area contributed by atoms with Crippen molar-refractivity contribution in [3.8, 4) is 22.3 Å². The van der Waals surface area contributed by atoms with Gasteiger partial charge in [-0.15, -0.1) is 0 Å². The fraction of sp³-hybridized carbons (Fsp3) is 0.212. The second kappa shape index (κ2) is 12.4. The van der Waals surface area contributed by atoms with E-state index >= 15 is 0 Å². The molecule has 4 aromatic rings. The first-order valence-corrected chi connectivity index (χ1v) is 13.4. The van der Waals surface area contributed by atoms with Crippen molar-refractivity contribution in [3.63, 3.8) is 0 Å². The lowest BCUT2D eigenvalue weighted by molar-refractivity contribution is -0.118. The molecule has 4 N–H and O–H groups in total. The molecule has 0 aliphatic heterocycles. The van der Waals surface area contributed by atoms with Gasteiger partial charge in [-0.2, -0.15) is 0 Å². The molecule has 1 atom stereocenters. The molecule has 0 aromatic heterocycles. The molecule has 6 heteroatoms. The van der Waals surface area contributed by atoms with Crippen LogP contribution in [0.5, 0.6) is 0 Å². The van der Waals surface area contributed by atoms with Crippen molar-refractivity contribution in [1.82, 2.24) is 5.32 Å². The third-order valence-corrected chi connectivity index (χ3v) is 7.16. The molecule has 0 bridgehead atoms. The Labute approximate surface area is 229 Å². The number of hydrogen-bond donors (Lipinski definition) is 3. The summed E-state index contributed by atoms with van der Waals surface area (Å²) in [7, 11) is 0. The highest BCUT2D eigenvalue weighted by Crippen LogP contribution is 2.44. The monoisotopic (exact) mass is 519 g/mol. The highest BCUT2D eigenvalue weighted by Gasteiger charge is 2.29. The Morgan fingerprint density at radius 3 is 1.97 bits per heavy atom. The van der Waals surface area contributed by atoms with Gasteiger partial charge in [0.25, 0.3) is 0 Å². The second-order valence-corrected chi connectivity index (χ2v) is 9.74. The number of hydrogen-bond acceptors (Lipinski definition) is 4. The SMILES string of the molecule is NCCCC[C@H](NC(=O)OCC1c2ccccc2-c2ccccc21)C(=O)Nc1ccc(-c2ccccc2)cc1. The lowest BCUT2D eigenvalue weighted by atomic mass is 9.98. The molecule has 0 spiro atoms. The average molecular weight is 520 g/mol. The molecule has 2 amide bonds. The highest BCUT2D eigenvalue weighted by atomic mass is 16.5. The Kier molecular flexibility index (Phi) is 8.34. The predicted octanol–water partition coefficient (Wildman–Crippen LogP) is 6.33. The Bertz CT molecular complexity index is 1370. The van der Waals surface area contributed by atoms with E-state index in [0.717, 1.165) is 28.7 Å². The van der Waals surface area contributed by atoms with E-state index in [1.165, 1.54) is 11.1 Å². The molecule has 0 saturated heterocycles. The van der Waals surface area contributed by atoms with Crippen LogP contribution < -0.4 is 16.4 Å². The molecule has 0 radical (unpaired) electrons. The number of nitrogens with two attached hydrogens (primary N) is 1. The molecule has 6 nitrogen and oxygen atoms in total. The van der Waals surface area contributed by atoms with Crippen LogP contribution in [0, 0.1) is 0 Å². The molecular weight excluding hydrogens is 486 g/mol. The largest absolute Gasteiger partial charge is 0.449 e. The maximum absolute atomic E-state index is 13.2. The van der Waals surface area contributed by atoms with Crippen LogP contribution in [0.25, 0.3) is 22.3 Å². The minimum atomic E-state index is -0.735. The topological polar surface area (TPSA) is 93.4 Å². The first kappa shape index (κ1) is 26.2. The number of fused-ring (bicyclic) bond motifs is 3. The Morgan fingerprint density at radius 2 is 1.33 bits per heavy atom. The second-order valence-electron chi connectivity index (χ2n) is 9.74. The van der Waals surface area contributed by atoms with E-state index in [2.05, 4.69) is 34.9 Å². The summed E-state index contributed by atoms with van der Waals surface area (Å²) in [5, 5.41) is 5.73. The van der Waals surface area contributed by atoms with Crippen LogP contribution in [0.2, 0.25) is 0 Å². The van der Waals surface area contributed by atoms with Gasteiger partial charge >= 0.3 is 6.09 Å². The van der Waals surface area contributed by atoms with Crippen molar-refractivity contribution >= 4 is 17.7 Å². The quantitative estimate of drug-likeness (QED) is 0.214. The summed E-state index contributed by atoms with van der Waals surface area (Å²) in [5.74, 6) is -0.330. The molecule has 39 heavy (non-hydrogen) atoms. The van der Waals surface area contributed by atoms with Gasteiger partial charge in [-0.05, 0) is 71.3 Å². The van der Waals surface area contributed by atoms with Crippen LogP contribution >= 0.6 is 0 Å².